The smallest absolute Gasteiger partial charge is 0.118 e. The zero-order valence-electron chi connectivity index (χ0n) is 13.0. The Hall–Kier alpha value is -1.55. The lowest BCUT2D eigenvalue weighted by Gasteiger charge is -2.47. The predicted molar refractivity (Wildman–Crippen MR) is 78.2 cm³/mol. The van der Waals surface area contributed by atoms with Gasteiger partial charge < -0.3 is 19.4 Å². The van der Waals surface area contributed by atoms with Gasteiger partial charge in [0, 0.05) is 18.0 Å². The second kappa shape index (κ2) is 6.06. The number of methoxy groups -OCH3 is 1. The summed E-state index contributed by atoms with van der Waals surface area (Å²) in [6, 6.07) is 7.68. The summed E-state index contributed by atoms with van der Waals surface area (Å²) in [5.74, 6) is -0.237. The Morgan fingerprint density at radius 3 is 2.57 bits per heavy atom. The van der Waals surface area contributed by atoms with Crippen molar-refractivity contribution in [3.05, 3.63) is 29.8 Å². The second-order valence-corrected chi connectivity index (χ2v) is 6.14. The SMILES string of the molecule is CC[C@]1(C)C[C@@](CC(=O)[O-])(c2ccc(OC)cc2)CCO1. The first-order valence-electron chi connectivity index (χ1n) is 7.41. The normalized spacial score (nSPS) is 29.1. The van der Waals surface area contributed by atoms with Crippen LogP contribution in [0.4, 0.5) is 0 Å². The van der Waals surface area contributed by atoms with Gasteiger partial charge in [0.15, 0.2) is 0 Å². The molecule has 0 amide bonds. The van der Waals surface area contributed by atoms with Crippen LogP contribution in [0.3, 0.4) is 0 Å². The molecule has 0 saturated carbocycles. The molecule has 0 N–H and O–H groups in total. The lowest BCUT2D eigenvalue weighted by molar-refractivity contribution is -0.308. The summed E-state index contributed by atoms with van der Waals surface area (Å²) >= 11 is 0. The summed E-state index contributed by atoms with van der Waals surface area (Å²) in [5.41, 5.74) is 0.317. The molecule has 1 aliphatic rings. The van der Waals surface area contributed by atoms with Crippen LogP contribution in [-0.2, 0) is 14.9 Å². The average Bonchev–Trinajstić information content (AvgIpc) is 2.47. The highest BCUT2D eigenvalue weighted by Crippen LogP contribution is 2.45. The maximum Gasteiger partial charge on any atom is 0.118 e. The van der Waals surface area contributed by atoms with Gasteiger partial charge >= 0.3 is 0 Å². The number of aliphatic carboxylic acids is 1. The Morgan fingerprint density at radius 2 is 2.05 bits per heavy atom. The minimum atomic E-state index is -1.01. The molecule has 0 radical (unpaired) electrons. The number of hydrogen-bond donors (Lipinski definition) is 0. The highest BCUT2D eigenvalue weighted by molar-refractivity contribution is 5.67. The van der Waals surface area contributed by atoms with Crippen LogP contribution in [0.2, 0.25) is 0 Å². The minimum absolute atomic E-state index is 0.0261. The van der Waals surface area contributed by atoms with Crippen LogP contribution in [0.15, 0.2) is 24.3 Å². The van der Waals surface area contributed by atoms with Gasteiger partial charge in [0.25, 0.3) is 0 Å². The van der Waals surface area contributed by atoms with E-state index < -0.39 is 11.4 Å². The summed E-state index contributed by atoms with van der Waals surface area (Å²) in [7, 11) is 1.62. The van der Waals surface area contributed by atoms with Crippen LogP contribution >= 0.6 is 0 Å². The van der Waals surface area contributed by atoms with Gasteiger partial charge in [-0.05, 0) is 50.3 Å². The summed E-state index contributed by atoms with van der Waals surface area (Å²) in [6.45, 7) is 4.70. The van der Waals surface area contributed by atoms with Gasteiger partial charge in [-0.15, -0.1) is 0 Å². The third-order valence-electron chi connectivity index (χ3n) is 4.68. The molecule has 0 spiro atoms. The summed E-state index contributed by atoms with van der Waals surface area (Å²) in [5, 5.41) is 11.3. The van der Waals surface area contributed by atoms with E-state index in [4.69, 9.17) is 9.47 Å². The molecule has 0 unspecified atom stereocenters. The molecule has 116 valence electrons. The molecule has 1 fully saturated rings. The van der Waals surface area contributed by atoms with Gasteiger partial charge in [0.1, 0.15) is 5.75 Å². The first kappa shape index (κ1) is 15.8. The number of hydrogen-bond acceptors (Lipinski definition) is 4. The molecule has 0 aromatic heterocycles. The molecule has 0 bridgehead atoms. The zero-order valence-corrected chi connectivity index (χ0v) is 13.0. The molecule has 2 atom stereocenters. The molecule has 1 aromatic carbocycles. The number of carbonyl (C=O) groups is 1. The fourth-order valence-corrected chi connectivity index (χ4v) is 3.30. The number of rotatable bonds is 5. The van der Waals surface area contributed by atoms with Crippen molar-refractivity contribution in [3.8, 4) is 5.75 Å². The van der Waals surface area contributed by atoms with E-state index in [1.807, 2.05) is 24.3 Å². The molecule has 1 aromatic rings. The van der Waals surface area contributed by atoms with E-state index in [9.17, 15) is 9.90 Å². The van der Waals surface area contributed by atoms with Crippen LogP contribution < -0.4 is 9.84 Å². The monoisotopic (exact) mass is 291 g/mol. The van der Waals surface area contributed by atoms with Crippen molar-refractivity contribution in [2.45, 2.75) is 50.5 Å². The molecular weight excluding hydrogens is 268 g/mol. The molecule has 0 aliphatic carbocycles. The van der Waals surface area contributed by atoms with E-state index in [0.717, 1.165) is 17.7 Å². The molecule has 1 aliphatic heterocycles. The molecule has 21 heavy (non-hydrogen) atoms. The van der Waals surface area contributed by atoms with Crippen LogP contribution in [0.1, 0.15) is 45.1 Å². The van der Waals surface area contributed by atoms with Crippen molar-refractivity contribution in [2.24, 2.45) is 0 Å². The second-order valence-electron chi connectivity index (χ2n) is 6.14. The third-order valence-corrected chi connectivity index (χ3v) is 4.68. The topological polar surface area (TPSA) is 58.6 Å². The van der Waals surface area contributed by atoms with E-state index in [1.165, 1.54) is 0 Å². The van der Waals surface area contributed by atoms with E-state index >= 15 is 0 Å². The van der Waals surface area contributed by atoms with Crippen LogP contribution in [-0.4, -0.2) is 25.3 Å². The lowest BCUT2D eigenvalue weighted by Crippen LogP contribution is -2.48. The minimum Gasteiger partial charge on any atom is -0.550 e. The molecule has 4 heteroatoms. The van der Waals surface area contributed by atoms with E-state index in [0.29, 0.717) is 19.4 Å². The van der Waals surface area contributed by atoms with Crippen LogP contribution in [0.5, 0.6) is 5.75 Å². The van der Waals surface area contributed by atoms with E-state index in [2.05, 4.69) is 13.8 Å². The van der Waals surface area contributed by atoms with Crippen molar-refractivity contribution in [1.29, 1.82) is 0 Å². The Bertz CT molecular complexity index is 496. The van der Waals surface area contributed by atoms with Gasteiger partial charge in [-0.2, -0.15) is 0 Å². The molecule has 4 nitrogen and oxygen atoms in total. The number of ether oxygens (including phenoxy) is 2. The quantitative estimate of drug-likeness (QED) is 0.833. The molecule has 2 rings (SSSR count). The van der Waals surface area contributed by atoms with Gasteiger partial charge in [-0.3, -0.25) is 0 Å². The standard InChI is InChI=1S/C17H24O4/c1-4-16(2)12-17(9-10-21-16,11-15(18)19)13-5-7-14(20-3)8-6-13/h5-8H,4,9-12H2,1-3H3,(H,18,19)/p-1/t16-,17-/m1/s1. The van der Waals surface area contributed by atoms with Crippen LogP contribution in [0.25, 0.3) is 0 Å². The fourth-order valence-electron chi connectivity index (χ4n) is 3.30. The highest BCUT2D eigenvalue weighted by atomic mass is 16.5. The fraction of sp³-hybridized carbons (Fsp3) is 0.588. The van der Waals surface area contributed by atoms with E-state index in [-0.39, 0.29) is 12.0 Å². The predicted octanol–water partition coefficient (Wildman–Crippen LogP) is 2.05. The highest BCUT2D eigenvalue weighted by Gasteiger charge is 2.43. The number of carbonyl (C=O) groups excluding carboxylic acids is 1. The van der Waals surface area contributed by atoms with Crippen molar-refractivity contribution in [2.75, 3.05) is 13.7 Å². The number of carboxylic acid groups (broad SMARTS) is 1. The zero-order chi connectivity index (χ0) is 15.5. The average molecular weight is 291 g/mol. The van der Waals surface area contributed by atoms with Crippen molar-refractivity contribution >= 4 is 5.97 Å². The maximum absolute atomic E-state index is 11.3. The lowest BCUT2D eigenvalue weighted by atomic mass is 9.66. The molecular formula is C17H23O4-. The van der Waals surface area contributed by atoms with E-state index in [1.54, 1.807) is 7.11 Å². The largest absolute Gasteiger partial charge is 0.550 e. The first-order chi connectivity index (χ1) is 9.93. The molecule has 1 saturated heterocycles. The van der Waals surface area contributed by atoms with Gasteiger partial charge in [-0.25, -0.2) is 0 Å². The number of benzene rings is 1. The summed E-state index contributed by atoms with van der Waals surface area (Å²) in [4.78, 5) is 11.3. The summed E-state index contributed by atoms with van der Waals surface area (Å²) in [6.07, 6.45) is 2.27. The Kier molecular flexibility index (Phi) is 4.57. The third kappa shape index (κ3) is 3.38. The van der Waals surface area contributed by atoms with Gasteiger partial charge in [0.05, 0.1) is 12.7 Å². The van der Waals surface area contributed by atoms with Crippen molar-refractivity contribution in [3.63, 3.8) is 0 Å². The summed E-state index contributed by atoms with van der Waals surface area (Å²) < 4.78 is 11.1. The Balaban J connectivity index is 2.38. The Morgan fingerprint density at radius 1 is 1.38 bits per heavy atom. The van der Waals surface area contributed by atoms with Gasteiger partial charge in [0.2, 0.25) is 0 Å². The van der Waals surface area contributed by atoms with Crippen molar-refractivity contribution < 1.29 is 19.4 Å². The first-order valence-corrected chi connectivity index (χ1v) is 7.41. The van der Waals surface area contributed by atoms with Crippen LogP contribution in [0, 0.1) is 0 Å². The Labute approximate surface area is 126 Å². The van der Waals surface area contributed by atoms with Gasteiger partial charge in [-0.1, -0.05) is 19.1 Å². The maximum atomic E-state index is 11.3. The van der Waals surface area contributed by atoms with Crippen molar-refractivity contribution in [1.82, 2.24) is 0 Å². The number of carboxylic acids is 1. The molecule has 1 heterocycles.